The molecule has 0 spiro atoms. The summed E-state index contributed by atoms with van der Waals surface area (Å²) in [5.74, 6) is 1.66. The molecular weight excluding hydrogens is 392 g/mol. The Morgan fingerprint density at radius 2 is 1.93 bits per heavy atom. The molecule has 0 atom stereocenters. The molecule has 7 heteroatoms. The van der Waals surface area contributed by atoms with Gasteiger partial charge in [-0.25, -0.2) is 4.98 Å². The first-order valence-electron chi connectivity index (χ1n) is 10.1. The standard InChI is InChI=1S/C22H25ClN2O4/c1-2-27-19-8-6-16(23)20(25-19)21(26)24-14-22(9-3-4-10-22)15-5-7-17-18(13-15)29-12-11-28-17/h5-8,13H,2-4,9-12,14H2,1H3,(H,24,26). The van der Waals surface area contributed by atoms with Crippen LogP contribution in [0.2, 0.25) is 5.02 Å². The maximum absolute atomic E-state index is 12.8. The molecule has 0 unspecified atom stereocenters. The van der Waals surface area contributed by atoms with Crippen molar-refractivity contribution in [3.05, 3.63) is 46.6 Å². The number of rotatable bonds is 6. The molecule has 1 aromatic carbocycles. The van der Waals surface area contributed by atoms with Crippen molar-refractivity contribution in [2.45, 2.75) is 38.0 Å². The van der Waals surface area contributed by atoms with Gasteiger partial charge in [0, 0.05) is 18.0 Å². The number of carbonyl (C=O) groups is 1. The Balaban J connectivity index is 1.53. The van der Waals surface area contributed by atoms with E-state index >= 15 is 0 Å². The summed E-state index contributed by atoms with van der Waals surface area (Å²) in [7, 11) is 0. The van der Waals surface area contributed by atoms with Gasteiger partial charge in [0.05, 0.1) is 11.6 Å². The normalized spacial score (nSPS) is 17.0. The smallest absolute Gasteiger partial charge is 0.271 e. The minimum atomic E-state index is -0.291. The first-order valence-corrected chi connectivity index (χ1v) is 10.5. The summed E-state index contributed by atoms with van der Waals surface area (Å²) in [5, 5.41) is 3.37. The van der Waals surface area contributed by atoms with Crippen LogP contribution in [0.3, 0.4) is 0 Å². The van der Waals surface area contributed by atoms with Crippen molar-refractivity contribution in [2.75, 3.05) is 26.4 Å². The second-order valence-corrected chi connectivity index (χ2v) is 7.85. The molecule has 0 bridgehead atoms. The van der Waals surface area contributed by atoms with Crippen LogP contribution in [0.15, 0.2) is 30.3 Å². The number of benzene rings is 1. The quantitative estimate of drug-likeness (QED) is 0.766. The largest absolute Gasteiger partial charge is 0.486 e. The van der Waals surface area contributed by atoms with Gasteiger partial charge in [-0.15, -0.1) is 0 Å². The zero-order valence-electron chi connectivity index (χ0n) is 16.5. The zero-order chi connectivity index (χ0) is 20.3. The summed E-state index contributed by atoms with van der Waals surface area (Å²) in [5.41, 5.74) is 1.23. The molecule has 4 rings (SSSR count). The van der Waals surface area contributed by atoms with Crippen LogP contribution in [0, 0.1) is 0 Å². The number of fused-ring (bicyclic) bond motifs is 1. The van der Waals surface area contributed by atoms with Crippen LogP contribution in [-0.4, -0.2) is 37.3 Å². The van der Waals surface area contributed by atoms with Gasteiger partial charge in [-0.3, -0.25) is 4.79 Å². The van der Waals surface area contributed by atoms with E-state index < -0.39 is 0 Å². The Hall–Kier alpha value is -2.47. The van der Waals surface area contributed by atoms with Crippen molar-refractivity contribution < 1.29 is 19.0 Å². The highest BCUT2D eigenvalue weighted by molar-refractivity contribution is 6.33. The SMILES string of the molecule is CCOc1ccc(Cl)c(C(=O)NCC2(c3ccc4c(c3)OCCO4)CCCC2)n1. The number of nitrogens with one attached hydrogen (secondary N) is 1. The molecule has 0 saturated heterocycles. The Kier molecular flexibility index (Phi) is 5.81. The molecule has 1 aromatic heterocycles. The van der Waals surface area contributed by atoms with E-state index in [0.717, 1.165) is 37.2 Å². The molecule has 1 aliphatic carbocycles. The van der Waals surface area contributed by atoms with Gasteiger partial charge >= 0.3 is 0 Å². The lowest BCUT2D eigenvalue weighted by Crippen LogP contribution is -2.39. The summed E-state index contributed by atoms with van der Waals surface area (Å²) < 4.78 is 16.8. The summed E-state index contributed by atoms with van der Waals surface area (Å²) in [6.45, 7) is 3.99. The number of hydrogen-bond donors (Lipinski definition) is 1. The fourth-order valence-electron chi connectivity index (χ4n) is 4.14. The minimum Gasteiger partial charge on any atom is -0.486 e. The summed E-state index contributed by atoms with van der Waals surface area (Å²) >= 11 is 6.21. The number of halogens is 1. The van der Waals surface area contributed by atoms with Crippen LogP contribution in [0.1, 0.15) is 48.7 Å². The average Bonchev–Trinajstić information content (AvgIpc) is 3.23. The number of carbonyl (C=O) groups excluding carboxylic acids is 1. The van der Waals surface area contributed by atoms with Crippen molar-refractivity contribution in [1.29, 1.82) is 0 Å². The van der Waals surface area contributed by atoms with Crippen LogP contribution in [0.25, 0.3) is 0 Å². The van der Waals surface area contributed by atoms with Crippen molar-refractivity contribution in [1.82, 2.24) is 10.3 Å². The van der Waals surface area contributed by atoms with E-state index in [1.165, 1.54) is 5.56 Å². The van der Waals surface area contributed by atoms with Crippen LogP contribution in [0.5, 0.6) is 17.4 Å². The zero-order valence-corrected chi connectivity index (χ0v) is 17.3. The third-order valence-corrected chi connectivity index (χ3v) is 5.94. The predicted octanol–water partition coefficient (Wildman–Crippen LogP) is 4.15. The van der Waals surface area contributed by atoms with E-state index in [-0.39, 0.29) is 17.0 Å². The van der Waals surface area contributed by atoms with Crippen LogP contribution in [0.4, 0.5) is 0 Å². The molecule has 154 valence electrons. The maximum Gasteiger partial charge on any atom is 0.271 e. The van der Waals surface area contributed by atoms with Gasteiger partial charge in [-0.2, -0.15) is 0 Å². The molecule has 2 aromatic rings. The first-order chi connectivity index (χ1) is 14.1. The number of amides is 1. The molecule has 29 heavy (non-hydrogen) atoms. The minimum absolute atomic E-state index is 0.129. The van der Waals surface area contributed by atoms with E-state index in [9.17, 15) is 4.79 Å². The van der Waals surface area contributed by atoms with Crippen molar-refractivity contribution in [2.24, 2.45) is 0 Å². The molecule has 2 aliphatic rings. The van der Waals surface area contributed by atoms with Gasteiger partial charge in [0.2, 0.25) is 5.88 Å². The number of nitrogens with zero attached hydrogens (tertiary/aromatic N) is 1. The second-order valence-electron chi connectivity index (χ2n) is 7.44. The highest BCUT2D eigenvalue weighted by Crippen LogP contribution is 2.43. The molecule has 6 nitrogen and oxygen atoms in total. The van der Waals surface area contributed by atoms with Crippen molar-refractivity contribution in [3.63, 3.8) is 0 Å². The van der Waals surface area contributed by atoms with Crippen molar-refractivity contribution in [3.8, 4) is 17.4 Å². The van der Waals surface area contributed by atoms with E-state index in [4.69, 9.17) is 25.8 Å². The van der Waals surface area contributed by atoms with Gasteiger partial charge in [0.15, 0.2) is 17.2 Å². The van der Waals surface area contributed by atoms with Crippen LogP contribution < -0.4 is 19.5 Å². The number of aromatic nitrogens is 1. The Labute approximate surface area is 175 Å². The molecule has 1 amide bonds. The van der Waals surface area contributed by atoms with Gasteiger partial charge < -0.3 is 19.5 Å². The predicted molar refractivity (Wildman–Crippen MR) is 110 cm³/mol. The van der Waals surface area contributed by atoms with E-state index in [1.807, 2.05) is 13.0 Å². The number of pyridine rings is 1. The van der Waals surface area contributed by atoms with Gasteiger partial charge in [-0.1, -0.05) is 30.5 Å². The summed E-state index contributed by atoms with van der Waals surface area (Å²) in [6.07, 6.45) is 4.27. The third kappa shape index (κ3) is 4.13. The molecular formula is C22H25ClN2O4. The third-order valence-electron chi connectivity index (χ3n) is 5.63. The molecule has 2 heterocycles. The Morgan fingerprint density at radius 1 is 1.17 bits per heavy atom. The van der Waals surface area contributed by atoms with Crippen LogP contribution in [-0.2, 0) is 5.41 Å². The monoisotopic (exact) mass is 416 g/mol. The fourth-order valence-corrected chi connectivity index (χ4v) is 4.33. The highest BCUT2D eigenvalue weighted by Gasteiger charge is 2.37. The van der Waals surface area contributed by atoms with E-state index in [2.05, 4.69) is 22.4 Å². The maximum atomic E-state index is 12.8. The average molecular weight is 417 g/mol. The lowest BCUT2D eigenvalue weighted by molar-refractivity contribution is 0.0937. The Morgan fingerprint density at radius 3 is 2.69 bits per heavy atom. The van der Waals surface area contributed by atoms with Gasteiger partial charge in [-0.05, 0) is 43.5 Å². The summed E-state index contributed by atoms with van der Waals surface area (Å²) in [6, 6.07) is 9.42. The summed E-state index contributed by atoms with van der Waals surface area (Å²) in [4.78, 5) is 17.1. The topological polar surface area (TPSA) is 69.7 Å². The fraction of sp³-hybridized carbons (Fsp3) is 0.455. The molecule has 1 N–H and O–H groups in total. The number of ether oxygens (including phenoxy) is 3. The lowest BCUT2D eigenvalue weighted by Gasteiger charge is -2.31. The van der Waals surface area contributed by atoms with Crippen LogP contribution >= 0.6 is 11.6 Å². The van der Waals surface area contributed by atoms with E-state index in [1.54, 1.807) is 12.1 Å². The Bertz CT molecular complexity index is 896. The second kappa shape index (κ2) is 8.49. The first kappa shape index (κ1) is 19.8. The van der Waals surface area contributed by atoms with Gasteiger partial charge in [0.1, 0.15) is 13.2 Å². The molecule has 1 aliphatic heterocycles. The number of hydrogen-bond acceptors (Lipinski definition) is 5. The highest BCUT2D eigenvalue weighted by atomic mass is 35.5. The lowest BCUT2D eigenvalue weighted by atomic mass is 9.78. The van der Waals surface area contributed by atoms with E-state index in [0.29, 0.717) is 37.3 Å². The molecule has 1 fully saturated rings. The van der Waals surface area contributed by atoms with Gasteiger partial charge in [0.25, 0.3) is 5.91 Å². The molecule has 0 radical (unpaired) electrons. The van der Waals surface area contributed by atoms with Crippen molar-refractivity contribution >= 4 is 17.5 Å². The molecule has 1 saturated carbocycles.